The summed E-state index contributed by atoms with van der Waals surface area (Å²) in [4.78, 5) is 28.1. The lowest BCUT2D eigenvalue weighted by atomic mass is 10.1. The first-order valence-electron chi connectivity index (χ1n) is 9.59. The molecule has 0 spiro atoms. The van der Waals surface area contributed by atoms with Crippen molar-refractivity contribution in [2.75, 3.05) is 18.1 Å². The molecular weight excluding hydrogens is 416 g/mol. The zero-order valence-electron chi connectivity index (χ0n) is 16.7. The van der Waals surface area contributed by atoms with E-state index in [9.17, 15) is 9.59 Å². The number of hydrogen-bond acceptors (Lipinski definition) is 3. The van der Waals surface area contributed by atoms with Crippen LogP contribution in [-0.4, -0.2) is 29.5 Å². The molecule has 0 saturated carbocycles. The minimum absolute atomic E-state index is 0.123. The van der Waals surface area contributed by atoms with Crippen LogP contribution in [0.15, 0.2) is 83.8 Å². The molecule has 0 fully saturated rings. The van der Waals surface area contributed by atoms with Crippen molar-refractivity contribution in [3.8, 4) is 0 Å². The van der Waals surface area contributed by atoms with Crippen molar-refractivity contribution in [2.45, 2.75) is 17.9 Å². The number of thioether (sulfide) groups is 1. The fraction of sp³-hybridized carbons (Fsp3) is 0.167. The summed E-state index contributed by atoms with van der Waals surface area (Å²) in [7, 11) is 1.76. The zero-order valence-corrected chi connectivity index (χ0v) is 18.2. The number of nitrogens with one attached hydrogen (secondary N) is 1. The average Bonchev–Trinajstić information content (AvgIpc) is 2.76. The summed E-state index contributed by atoms with van der Waals surface area (Å²) in [6.07, 6.45) is 0.343. The minimum Gasteiger partial charge on any atom is -0.337 e. The lowest BCUT2D eigenvalue weighted by molar-refractivity contribution is -0.115. The summed E-state index contributed by atoms with van der Waals surface area (Å²) in [5, 5.41) is 3.58. The smallest absolute Gasteiger partial charge is 0.256 e. The van der Waals surface area contributed by atoms with Crippen molar-refractivity contribution >= 4 is 40.9 Å². The molecule has 0 radical (unpaired) electrons. The van der Waals surface area contributed by atoms with E-state index in [4.69, 9.17) is 11.6 Å². The van der Waals surface area contributed by atoms with Crippen molar-refractivity contribution in [3.63, 3.8) is 0 Å². The minimum atomic E-state index is -0.134. The van der Waals surface area contributed by atoms with Crippen LogP contribution < -0.4 is 5.32 Å². The Balaban J connectivity index is 1.57. The number of carbonyl (C=O) groups is 2. The first-order valence-corrected chi connectivity index (χ1v) is 11.0. The molecule has 2 amide bonds. The summed E-state index contributed by atoms with van der Waals surface area (Å²) in [5.74, 6) is 0.380. The predicted molar refractivity (Wildman–Crippen MR) is 124 cm³/mol. The first kappa shape index (κ1) is 21.9. The number of rotatable bonds is 8. The standard InChI is InChI=1S/C24H23ClN2O2S/c1-27(17-18-7-3-2-4-8-18)24(29)21-9-5-6-10-22(21)26-23(28)15-16-30-20-13-11-19(25)12-14-20/h2-14H,15-17H2,1H3,(H,26,28). The van der Waals surface area contributed by atoms with Crippen molar-refractivity contribution in [1.29, 1.82) is 0 Å². The number of amides is 2. The van der Waals surface area contributed by atoms with Crippen LogP contribution in [0.1, 0.15) is 22.3 Å². The maximum atomic E-state index is 12.9. The van der Waals surface area contributed by atoms with Gasteiger partial charge < -0.3 is 10.2 Å². The van der Waals surface area contributed by atoms with Gasteiger partial charge in [-0.05, 0) is 42.0 Å². The van der Waals surface area contributed by atoms with E-state index in [2.05, 4.69) is 5.32 Å². The van der Waals surface area contributed by atoms with Gasteiger partial charge in [-0.3, -0.25) is 9.59 Å². The van der Waals surface area contributed by atoms with Crippen LogP contribution in [0.25, 0.3) is 0 Å². The van der Waals surface area contributed by atoms with Gasteiger partial charge in [0, 0.05) is 35.7 Å². The number of halogens is 1. The van der Waals surface area contributed by atoms with Crippen molar-refractivity contribution < 1.29 is 9.59 Å². The van der Waals surface area contributed by atoms with Gasteiger partial charge in [-0.25, -0.2) is 0 Å². The second-order valence-electron chi connectivity index (χ2n) is 6.79. The van der Waals surface area contributed by atoms with E-state index in [-0.39, 0.29) is 11.8 Å². The monoisotopic (exact) mass is 438 g/mol. The highest BCUT2D eigenvalue weighted by Gasteiger charge is 2.17. The fourth-order valence-electron chi connectivity index (χ4n) is 2.92. The Morgan fingerprint density at radius 3 is 2.33 bits per heavy atom. The molecule has 4 nitrogen and oxygen atoms in total. The second-order valence-corrected chi connectivity index (χ2v) is 8.40. The molecule has 0 bridgehead atoms. The fourth-order valence-corrected chi connectivity index (χ4v) is 3.90. The Bertz CT molecular complexity index is 994. The highest BCUT2D eigenvalue weighted by molar-refractivity contribution is 7.99. The second kappa shape index (κ2) is 10.9. The molecule has 0 saturated heterocycles. The van der Waals surface area contributed by atoms with Gasteiger partial charge in [0.25, 0.3) is 5.91 Å². The van der Waals surface area contributed by atoms with E-state index in [1.165, 1.54) is 0 Å². The van der Waals surface area contributed by atoms with E-state index in [0.717, 1.165) is 10.5 Å². The zero-order chi connectivity index (χ0) is 21.3. The molecule has 0 unspecified atom stereocenters. The number of benzene rings is 3. The number of hydrogen-bond donors (Lipinski definition) is 1. The molecular formula is C24H23ClN2O2S. The van der Waals surface area contributed by atoms with E-state index >= 15 is 0 Å². The quantitative estimate of drug-likeness (QED) is 0.456. The molecule has 0 heterocycles. The third kappa shape index (κ3) is 6.37. The lowest BCUT2D eigenvalue weighted by Crippen LogP contribution is -2.27. The van der Waals surface area contributed by atoms with Crippen LogP contribution in [0.5, 0.6) is 0 Å². The molecule has 6 heteroatoms. The molecule has 0 aromatic heterocycles. The van der Waals surface area contributed by atoms with Gasteiger partial charge in [0.05, 0.1) is 11.3 Å². The van der Waals surface area contributed by atoms with Gasteiger partial charge in [-0.1, -0.05) is 54.1 Å². The summed E-state index contributed by atoms with van der Waals surface area (Å²) in [6.45, 7) is 0.500. The number of anilines is 1. The Hall–Kier alpha value is -2.76. The third-order valence-electron chi connectivity index (χ3n) is 4.45. The van der Waals surface area contributed by atoms with Gasteiger partial charge in [-0.2, -0.15) is 0 Å². The topological polar surface area (TPSA) is 49.4 Å². The van der Waals surface area contributed by atoms with Crippen molar-refractivity contribution in [2.24, 2.45) is 0 Å². The van der Waals surface area contributed by atoms with Crippen LogP contribution in [0, 0.1) is 0 Å². The molecule has 3 rings (SSSR count). The van der Waals surface area contributed by atoms with E-state index in [0.29, 0.717) is 35.0 Å². The van der Waals surface area contributed by atoms with Crippen LogP contribution in [0.3, 0.4) is 0 Å². The van der Waals surface area contributed by atoms with Crippen LogP contribution in [-0.2, 0) is 11.3 Å². The SMILES string of the molecule is CN(Cc1ccccc1)C(=O)c1ccccc1NC(=O)CCSc1ccc(Cl)cc1. The average molecular weight is 439 g/mol. The number of para-hydroxylation sites is 1. The molecule has 0 aliphatic carbocycles. The molecule has 3 aromatic carbocycles. The molecule has 154 valence electrons. The van der Waals surface area contributed by atoms with Crippen molar-refractivity contribution in [1.82, 2.24) is 4.90 Å². The molecule has 30 heavy (non-hydrogen) atoms. The largest absolute Gasteiger partial charge is 0.337 e. The summed E-state index contributed by atoms with van der Waals surface area (Å²) >= 11 is 7.48. The van der Waals surface area contributed by atoms with E-state index in [1.807, 2.05) is 60.7 Å². The summed E-state index contributed by atoms with van der Waals surface area (Å²) in [6, 6.07) is 24.4. The van der Waals surface area contributed by atoms with E-state index in [1.54, 1.807) is 41.9 Å². The Morgan fingerprint density at radius 2 is 1.60 bits per heavy atom. The number of carbonyl (C=O) groups excluding carboxylic acids is 2. The Labute approximate surface area is 186 Å². The van der Waals surface area contributed by atoms with E-state index < -0.39 is 0 Å². The van der Waals surface area contributed by atoms with Gasteiger partial charge in [0.15, 0.2) is 0 Å². The maximum Gasteiger partial charge on any atom is 0.256 e. The predicted octanol–water partition coefficient (Wildman–Crippen LogP) is 5.73. The van der Waals surface area contributed by atoms with Crippen LogP contribution in [0.2, 0.25) is 5.02 Å². The highest BCUT2D eigenvalue weighted by atomic mass is 35.5. The van der Waals surface area contributed by atoms with Gasteiger partial charge >= 0.3 is 0 Å². The van der Waals surface area contributed by atoms with Gasteiger partial charge in [0.1, 0.15) is 0 Å². The number of nitrogens with zero attached hydrogens (tertiary/aromatic N) is 1. The molecule has 0 aliphatic heterocycles. The lowest BCUT2D eigenvalue weighted by Gasteiger charge is -2.19. The molecule has 0 atom stereocenters. The van der Waals surface area contributed by atoms with Gasteiger partial charge in [0.2, 0.25) is 5.91 Å². The molecule has 3 aromatic rings. The molecule has 0 aliphatic rings. The maximum absolute atomic E-state index is 12.9. The molecule has 1 N–H and O–H groups in total. The highest BCUT2D eigenvalue weighted by Crippen LogP contribution is 2.22. The van der Waals surface area contributed by atoms with Crippen LogP contribution >= 0.6 is 23.4 Å². The first-order chi connectivity index (χ1) is 14.5. The van der Waals surface area contributed by atoms with Crippen LogP contribution in [0.4, 0.5) is 5.69 Å². The van der Waals surface area contributed by atoms with Gasteiger partial charge in [-0.15, -0.1) is 11.8 Å². The summed E-state index contributed by atoms with van der Waals surface area (Å²) in [5.41, 5.74) is 2.06. The van der Waals surface area contributed by atoms with Crippen molar-refractivity contribution in [3.05, 3.63) is 95.0 Å². The third-order valence-corrected chi connectivity index (χ3v) is 5.72. The Morgan fingerprint density at radius 1 is 0.933 bits per heavy atom. The Kier molecular flexibility index (Phi) is 7.94. The summed E-state index contributed by atoms with van der Waals surface area (Å²) < 4.78 is 0. The normalized spacial score (nSPS) is 10.5.